The molecule has 2 aromatic carbocycles. The molecule has 0 N–H and O–H groups in total. The summed E-state index contributed by atoms with van der Waals surface area (Å²) in [5, 5.41) is 2.68. The van der Waals surface area contributed by atoms with E-state index in [-0.39, 0.29) is 5.92 Å². The highest BCUT2D eigenvalue weighted by Gasteiger charge is 2.25. The van der Waals surface area contributed by atoms with E-state index in [0.29, 0.717) is 0 Å². The zero-order valence-electron chi connectivity index (χ0n) is 12.3. The van der Waals surface area contributed by atoms with Crippen molar-refractivity contribution in [1.82, 2.24) is 0 Å². The average molecular weight is 268 g/mol. The summed E-state index contributed by atoms with van der Waals surface area (Å²) in [5.41, 5.74) is 6.67. The monoisotopic (exact) mass is 268 g/mol. The molecule has 0 fully saturated rings. The Morgan fingerprint density at radius 1 is 1.05 bits per heavy atom. The molecule has 4 rings (SSSR count). The lowest BCUT2D eigenvalue weighted by atomic mass is 9.77. The number of hydrogen-bond acceptors (Lipinski definition) is 0. The van der Waals surface area contributed by atoms with Gasteiger partial charge in [-0.2, -0.15) is 0 Å². The molecule has 0 aromatic heterocycles. The minimum atomic E-state index is 0.198. The largest absolute Gasteiger partial charge is 0.0854 e. The third-order valence-electron chi connectivity index (χ3n) is 4.45. The van der Waals surface area contributed by atoms with Gasteiger partial charge in [-0.25, -0.2) is 0 Å². The predicted octanol–water partition coefficient (Wildman–Crippen LogP) is 5.15. The van der Waals surface area contributed by atoms with Crippen LogP contribution in [0.15, 0.2) is 59.7 Å². The molecular formula is C21H16. The zero-order valence-corrected chi connectivity index (χ0v) is 12.3. The summed E-state index contributed by atoms with van der Waals surface area (Å²) in [5.74, 6) is 6.78. The van der Waals surface area contributed by atoms with E-state index < -0.39 is 0 Å². The first kappa shape index (κ1) is 12.2. The first-order valence-corrected chi connectivity index (χ1v) is 7.34. The van der Waals surface area contributed by atoms with Crippen LogP contribution >= 0.6 is 0 Å². The molecule has 0 heterocycles. The van der Waals surface area contributed by atoms with Crippen molar-refractivity contribution in [3.05, 3.63) is 76.4 Å². The SMILES string of the molecule is CC1=Cc2c(cc(C)c3ccccc23)C2C#CC=CC=C12. The topological polar surface area (TPSA) is 0 Å². The first-order chi connectivity index (χ1) is 10.3. The summed E-state index contributed by atoms with van der Waals surface area (Å²) in [7, 11) is 0. The molecule has 2 aliphatic rings. The fraction of sp³-hybridized carbons (Fsp3) is 0.143. The summed E-state index contributed by atoms with van der Waals surface area (Å²) in [6, 6.07) is 11.0. The van der Waals surface area contributed by atoms with Crippen molar-refractivity contribution in [2.24, 2.45) is 0 Å². The Balaban J connectivity index is 2.12. The molecule has 0 aliphatic heterocycles. The molecule has 0 radical (unpaired) electrons. The van der Waals surface area contributed by atoms with Gasteiger partial charge in [-0.3, -0.25) is 0 Å². The number of benzene rings is 2. The number of rotatable bonds is 0. The molecule has 100 valence electrons. The van der Waals surface area contributed by atoms with Crippen LogP contribution in [-0.4, -0.2) is 0 Å². The molecule has 0 saturated carbocycles. The molecule has 0 amide bonds. The smallest absolute Gasteiger partial charge is 0.0714 e. The fourth-order valence-electron chi connectivity index (χ4n) is 3.42. The van der Waals surface area contributed by atoms with E-state index in [1.54, 1.807) is 0 Å². The van der Waals surface area contributed by atoms with Crippen LogP contribution in [0.3, 0.4) is 0 Å². The number of aryl methyl sites for hydroxylation is 1. The van der Waals surface area contributed by atoms with Crippen molar-refractivity contribution < 1.29 is 0 Å². The third-order valence-corrected chi connectivity index (χ3v) is 4.45. The zero-order chi connectivity index (χ0) is 14.4. The van der Waals surface area contributed by atoms with Gasteiger partial charge in [0.2, 0.25) is 0 Å². The van der Waals surface area contributed by atoms with Crippen LogP contribution in [0.2, 0.25) is 0 Å². The number of allylic oxidation sites excluding steroid dienone is 5. The molecule has 0 bridgehead atoms. The van der Waals surface area contributed by atoms with Crippen LogP contribution in [0.1, 0.15) is 29.5 Å². The summed E-state index contributed by atoms with van der Waals surface area (Å²) in [4.78, 5) is 0. The van der Waals surface area contributed by atoms with E-state index in [2.05, 4.69) is 74.2 Å². The Kier molecular flexibility index (Phi) is 2.62. The molecule has 0 heteroatoms. The molecule has 0 nitrogen and oxygen atoms in total. The van der Waals surface area contributed by atoms with E-state index in [4.69, 9.17) is 0 Å². The van der Waals surface area contributed by atoms with Crippen molar-refractivity contribution in [2.75, 3.05) is 0 Å². The van der Waals surface area contributed by atoms with Crippen molar-refractivity contribution in [2.45, 2.75) is 19.8 Å². The molecule has 1 unspecified atom stereocenters. The van der Waals surface area contributed by atoms with Crippen LogP contribution in [0.25, 0.3) is 16.8 Å². The van der Waals surface area contributed by atoms with Crippen molar-refractivity contribution in [3.8, 4) is 11.8 Å². The van der Waals surface area contributed by atoms with Gasteiger partial charge < -0.3 is 0 Å². The van der Waals surface area contributed by atoms with Crippen molar-refractivity contribution in [3.63, 3.8) is 0 Å². The summed E-state index contributed by atoms with van der Waals surface area (Å²) >= 11 is 0. The van der Waals surface area contributed by atoms with E-state index in [9.17, 15) is 0 Å². The Labute approximate surface area is 125 Å². The highest BCUT2D eigenvalue weighted by molar-refractivity contribution is 5.96. The fourth-order valence-corrected chi connectivity index (χ4v) is 3.42. The van der Waals surface area contributed by atoms with Crippen LogP contribution in [0, 0.1) is 18.8 Å². The third kappa shape index (κ3) is 1.78. The van der Waals surface area contributed by atoms with Gasteiger partial charge in [0.15, 0.2) is 0 Å². The first-order valence-electron chi connectivity index (χ1n) is 7.34. The maximum absolute atomic E-state index is 3.42. The Morgan fingerprint density at radius 3 is 2.71 bits per heavy atom. The molecule has 2 aliphatic carbocycles. The summed E-state index contributed by atoms with van der Waals surface area (Å²) in [6.45, 7) is 4.39. The lowest BCUT2D eigenvalue weighted by Gasteiger charge is -2.25. The Hall–Kier alpha value is -2.52. The lowest BCUT2D eigenvalue weighted by molar-refractivity contribution is 1.02. The number of fused-ring (bicyclic) bond motifs is 5. The standard InChI is InChI=1S/C21H16/c1-14-12-21-19-11-7-6-9-17(19)15(2)13-20(21)18-10-5-3-4-8-16(14)18/h3-4,6-9,11-13,18H,1-2H3. The second kappa shape index (κ2) is 4.50. The van der Waals surface area contributed by atoms with E-state index in [1.807, 2.05) is 6.08 Å². The molecule has 2 aromatic rings. The van der Waals surface area contributed by atoms with Crippen LogP contribution < -0.4 is 0 Å². The van der Waals surface area contributed by atoms with Crippen LogP contribution in [0.4, 0.5) is 0 Å². The quantitative estimate of drug-likeness (QED) is 0.580. The normalized spacial score (nSPS) is 18.9. The minimum absolute atomic E-state index is 0.198. The molecule has 0 saturated heterocycles. The van der Waals surface area contributed by atoms with Gasteiger partial charge in [0.1, 0.15) is 0 Å². The molecule has 21 heavy (non-hydrogen) atoms. The Morgan fingerprint density at radius 2 is 1.86 bits per heavy atom. The van der Waals surface area contributed by atoms with Crippen molar-refractivity contribution >= 4 is 16.8 Å². The summed E-state index contributed by atoms with van der Waals surface area (Å²) in [6.07, 6.45) is 8.50. The van der Waals surface area contributed by atoms with Crippen molar-refractivity contribution in [1.29, 1.82) is 0 Å². The lowest BCUT2D eigenvalue weighted by Crippen LogP contribution is -2.09. The maximum Gasteiger partial charge on any atom is 0.0714 e. The predicted molar refractivity (Wildman–Crippen MR) is 90.1 cm³/mol. The summed E-state index contributed by atoms with van der Waals surface area (Å²) < 4.78 is 0. The molecular weight excluding hydrogens is 252 g/mol. The van der Waals surface area contributed by atoms with Crippen LogP contribution in [-0.2, 0) is 0 Å². The second-order valence-electron chi connectivity index (χ2n) is 5.77. The highest BCUT2D eigenvalue weighted by Crippen LogP contribution is 2.42. The van der Waals surface area contributed by atoms with Gasteiger partial charge in [-0.15, -0.1) is 0 Å². The van der Waals surface area contributed by atoms with Crippen LogP contribution in [0.5, 0.6) is 0 Å². The number of hydrogen-bond donors (Lipinski definition) is 0. The van der Waals surface area contributed by atoms with E-state index in [0.717, 1.165) is 0 Å². The molecule has 0 spiro atoms. The Bertz CT molecular complexity index is 908. The minimum Gasteiger partial charge on any atom is -0.0854 e. The van der Waals surface area contributed by atoms with Gasteiger partial charge in [-0.1, -0.05) is 60.4 Å². The van der Waals surface area contributed by atoms with Gasteiger partial charge in [0.05, 0.1) is 5.92 Å². The molecule has 1 atom stereocenters. The highest BCUT2D eigenvalue weighted by atomic mass is 14.3. The van der Waals surface area contributed by atoms with Gasteiger partial charge >= 0.3 is 0 Å². The van der Waals surface area contributed by atoms with E-state index in [1.165, 1.54) is 38.6 Å². The second-order valence-corrected chi connectivity index (χ2v) is 5.77. The van der Waals surface area contributed by atoms with Gasteiger partial charge in [-0.05, 0) is 58.5 Å². The maximum atomic E-state index is 3.42. The van der Waals surface area contributed by atoms with E-state index >= 15 is 0 Å². The van der Waals surface area contributed by atoms with Gasteiger partial charge in [0.25, 0.3) is 0 Å². The average Bonchev–Trinajstić information content (AvgIpc) is 2.76. The van der Waals surface area contributed by atoms with Gasteiger partial charge in [0, 0.05) is 0 Å².